The zero-order valence-corrected chi connectivity index (χ0v) is 21.2. The van der Waals surface area contributed by atoms with E-state index in [1.807, 2.05) is 30.6 Å². The van der Waals surface area contributed by atoms with E-state index >= 15 is 0 Å². The topological polar surface area (TPSA) is 43.9 Å². The molecule has 2 rings (SSSR count). The molecule has 6 heteroatoms. The molecule has 186 valence electrons. The molecule has 1 aromatic carbocycles. The third-order valence-electron chi connectivity index (χ3n) is 6.37. The molecule has 1 saturated heterocycles. The second kappa shape index (κ2) is 13.7. The fraction of sp³-hybridized carbons (Fsp3) is 0.704. The predicted octanol–water partition coefficient (Wildman–Crippen LogP) is 5.10. The van der Waals surface area contributed by atoms with E-state index in [4.69, 9.17) is 0 Å². The molecule has 1 aromatic rings. The molecule has 0 atom stereocenters. The van der Waals surface area contributed by atoms with Crippen molar-refractivity contribution in [1.29, 1.82) is 0 Å². The first kappa shape index (κ1) is 27.3. The number of hydrogen-bond donors (Lipinski definition) is 0. The number of rotatable bonds is 12. The molecule has 2 amide bonds. The summed E-state index contributed by atoms with van der Waals surface area (Å²) in [5.41, 5.74) is 0.459. The van der Waals surface area contributed by atoms with Crippen LogP contribution in [0.3, 0.4) is 0 Å². The molecule has 33 heavy (non-hydrogen) atoms. The van der Waals surface area contributed by atoms with Gasteiger partial charge in [-0.3, -0.25) is 14.5 Å². The molecule has 0 radical (unpaired) electrons. The first-order valence-electron chi connectivity index (χ1n) is 12.7. The zero-order chi connectivity index (χ0) is 24.3. The predicted molar refractivity (Wildman–Crippen MR) is 132 cm³/mol. The number of hydrogen-bond acceptors (Lipinski definition) is 3. The van der Waals surface area contributed by atoms with E-state index in [2.05, 4.69) is 11.8 Å². The summed E-state index contributed by atoms with van der Waals surface area (Å²) in [6.07, 6.45) is 7.86. The molecular weight excluding hydrogens is 417 g/mol. The van der Waals surface area contributed by atoms with Crippen molar-refractivity contribution in [2.75, 3.05) is 39.3 Å². The summed E-state index contributed by atoms with van der Waals surface area (Å²) in [5, 5.41) is 0. The van der Waals surface area contributed by atoms with Crippen LogP contribution in [-0.2, 0) is 16.1 Å². The standard InChI is InChI=1S/C27H44FN3O2/c1-5-6-7-8-9-10-11-25(32)30-19-16-29(17-20-30)18-21-31(26(33)27(2,3)4)22-23-12-14-24(28)15-13-23/h12-15H,5-11,16-22H2,1-4H3. The lowest BCUT2D eigenvalue weighted by atomic mass is 9.94. The van der Waals surface area contributed by atoms with Crippen molar-refractivity contribution in [2.24, 2.45) is 5.41 Å². The van der Waals surface area contributed by atoms with Gasteiger partial charge in [-0.05, 0) is 24.1 Å². The average molecular weight is 462 g/mol. The van der Waals surface area contributed by atoms with E-state index in [1.165, 1.54) is 37.8 Å². The third-order valence-corrected chi connectivity index (χ3v) is 6.37. The van der Waals surface area contributed by atoms with E-state index in [9.17, 15) is 14.0 Å². The van der Waals surface area contributed by atoms with Crippen LogP contribution in [0.25, 0.3) is 0 Å². The van der Waals surface area contributed by atoms with E-state index in [1.54, 1.807) is 12.1 Å². The van der Waals surface area contributed by atoms with Gasteiger partial charge in [0.05, 0.1) is 0 Å². The summed E-state index contributed by atoms with van der Waals surface area (Å²) in [4.78, 5) is 31.7. The summed E-state index contributed by atoms with van der Waals surface area (Å²) in [6.45, 7) is 13.1. The van der Waals surface area contributed by atoms with Crippen LogP contribution in [0.5, 0.6) is 0 Å². The Labute approximate surface area is 200 Å². The highest BCUT2D eigenvalue weighted by molar-refractivity contribution is 5.81. The molecule has 1 aliphatic rings. The van der Waals surface area contributed by atoms with Crippen molar-refractivity contribution in [1.82, 2.24) is 14.7 Å². The quantitative estimate of drug-likeness (QED) is 0.407. The molecule has 1 heterocycles. The Morgan fingerprint density at radius 1 is 0.939 bits per heavy atom. The molecule has 1 aliphatic heterocycles. The van der Waals surface area contributed by atoms with Crippen molar-refractivity contribution in [3.8, 4) is 0 Å². The number of benzene rings is 1. The first-order valence-corrected chi connectivity index (χ1v) is 12.7. The van der Waals surface area contributed by atoms with Gasteiger partial charge in [0.25, 0.3) is 0 Å². The minimum Gasteiger partial charge on any atom is -0.340 e. The Morgan fingerprint density at radius 2 is 1.55 bits per heavy atom. The molecule has 0 N–H and O–H groups in total. The van der Waals surface area contributed by atoms with E-state index in [0.29, 0.717) is 19.5 Å². The highest BCUT2D eigenvalue weighted by Crippen LogP contribution is 2.20. The zero-order valence-electron chi connectivity index (χ0n) is 21.2. The van der Waals surface area contributed by atoms with Gasteiger partial charge in [-0.25, -0.2) is 4.39 Å². The Balaban J connectivity index is 1.78. The highest BCUT2D eigenvalue weighted by Gasteiger charge is 2.28. The molecule has 0 aliphatic carbocycles. The summed E-state index contributed by atoms with van der Waals surface area (Å²) in [6, 6.07) is 6.37. The van der Waals surface area contributed by atoms with Crippen LogP contribution in [-0.4, -0.2) is 65.8 Å². The number of carbonyl (C=O) groups excluding carboxylic acids is 2. The lowest BCUT2D eigenvalue weighted by Gasteiger charge is -2.37. The molecular formula is C27H44FN3O2. The summed E-state index contributed by atoms with van der Waals surface area (Å²) in [7, 11) is 0. The monoisotopic (exact) mass is 461 g/mol. The third kappa shape index (κ3) is 9.83. The Kier molecular flexibility index (Phi) is 11.3. The van der Waals surface area contributed by atoms with Crippen molar-refractivity contribution in [3.63, 3.8) is 0 Å². The van der Waals surface area contributed by atoms with Crippen LogP contribution < -0.4 is 0 Å². The fourth-order valence-corrected chi connectivity index (χ4v) is 4.23. The Bertz CT molecular complexity index is 722. The Hall–Kier alpha value is -1.95. The van der Waals surface area contributed by atoms with Gasteiger partial charge in [0.1, 0.15) is 5.82 Å². The summed E-state index contributed by atoms with van der Waals surface area (Å²) in [5.74, 6) is 0.113. The van der Waals surface area contributed by atoms with Crippen LogP contribution in [0, 0.1) is 11.2 Å². The first-order chi connectivity index (χ1) is 15.7. The van der Waals surface area contributed by atoms with Gasteiger partial charge in [0, 0.05) is 57.6 Å². The number of halogens is 1. The van der Waals surface area contributed by atoms with E-state index in [-0.39, 0.29) is 17.6 Å². The van der Waals surface area contributed by atoms with Gasteiger partial charge in [0.15, 0.2) is 0 Å². The maximum absolute atomic E-state index is 13.3. The molecule has 0 saturated carbocycles. The lowest BCUT2D eigenvalue weighted by Crippen LogP contribution is -2.51. The number of amides is 2. The fourth-order valence-electron chi connectivity index (χ4n) is 4.23. The molecule has 1 fully saturated rings. The smallest absolute Gasteiger partial charge is 0.228 e. The Morgan fingerprint density at radius 3 is 2.15 bits per heavy atom. The lowest BCUT2D eigenvalue weighted by molar-refractivity contribution is -0.140. The van der Waals surface area contributed by atoms with Gasteiger partial charge < -0.3 is 9.80 Å². The summed E-state index contributed by atoms with van der Waals surface area (Å²) >= 11 is 0. The largest absolute Gasteiger partial charge is 0.340 e. The number of nitrogens with zero attached hydrogens (tertiary/aromatic N) is 3. The average Bonchev–Trinajstić information content (AvgIpc) is 2.79. The van der Waals surface area contributed by atoms with Crippen molar-refractivity contribution >= 4 is 11.8 Å². The number of piperazine rings is 1. The van der Waals surface area contributed by atoms with Gasteiger partial charge in [0.2, 0.25) is 11.8 Å². The van der Waals surface area contributed by atoms with Crippen molar-refractivity contribution in [3.05, 3.63) is 35.6 Å². The van der Waals surface area contributed by atoms with Crippen LogP contribution >= 0.6 is 0 Å². The van der Waals surface area contributed by atoms with Crippen LogP contribution in [0.2, 0.25) is 0 Å². The summed E-state index contributed by atoms with van der Waals surface area (Å²) < 4.78 is 13.3. The van der Waals surface area contributed by atoms with Crippen molar-refractivity contribution in [2.45, 2.75) is 79.2 Å². The van der Waals surface area contributed by atoms with Crippen LogP contribution in [0.1, 0.15) is 78.2 Å². The second-order valence-corrected chi connectivity index (χ2v) is 10.3. The molecule has 5 nitrogen and oxygen atoms in total. The van der Waals surface area contributed by atoms with Crippen LogP contribution in [0.4, 0.5) is 4.39 Å². The SMILES string of the molecule is CCCCCCCCC(=O)N1CCN(CCN(Cc2ccc(F)cc2)C(=O)C(C)(C)C)CC1. The van der Waals surface area contributed by atoms with Gasteiger partial charge in [-0.1, -0.05) is 71.9 Å². The van der Waals surface area contributed by atoms with Crippen molar-refractivity contribution < 1.29 is 14.0 Å². The molecule has 0 bridgehead atoms. The minimum atomic E-state index is -0.471. The second-order valence-electron chi connectivity index (χ2n) is 10.3. The number of carbonyl (C=O) groups is 2. The normalized spacial score (nSPS) is 15.0. The van der Waals surface area contributed by atoms with Gasteiger partial charge >= 0.3 is 0 Å². The number of unbranched alkanes of at least 4 members (excludes halogenated alkanes) is 5. The van der Waals surface area contributed by atoms with E-state index < -0.39 is 5.41 Å². The molecule has 0 spiro atoms. The van der Waals surface area contributed by atoms with Crippen LogP contribution in [0.15, 0.2) is 24.3 Å². The molecule has 0 aromatic heterocycles. The van der Waals surface area contributed by atoms with Gasteiger partial charge in [-0.15, -0.1) is 0 Å². The maximum atomic E-state index is 13.3. The van der Waals surface area contributed by atoms with E-state index in [0.717, 1.165) is 51.1 Å². The molecule has 0 unspecified atom stereocenters. The van der Waals surface area contributed by atoms with Gasteiger partial charge in [-0.2, -0.15) is 0 Å². The minimum absolute atomic E-state index is 0.0968. The highest BCUT2D eigenvalue weighted by atomic mass is 19.1. The maximum Gasteiger partial charge on any atom is 0.228 e.